The van der Waals surface area contributed by atoms with Crippen molar-refractivity contribution >= 4 is 32.1 Å². The van der Waals surface area contributed by atoms with Gasteiger partial charge in [0.2, 0.25) is 10.0 Å². The lowest BCUT2D eigenvalue weighted by atomic mass is 10.1. The van der Waals surface area contributed by atoms with Gasteiger partial charge < -0.3 is 9.55 Å². The molecule has 0 atom stereocenters. The number of piperidine rings is 1. The molecule has 0 bridgehead atoms. The number of H-pyrrole nitrogens is 1. The van der Waals surface area contributed by atoms with Gasteiger partial charge >= 0.3 is 0 Å². The molecule has 4 aromatic rings. The molecule has 0 amide bonds. The summed E-state index contributed by atoms with van der Waals surface area (Å²) in [7, 11) is -3.48. The van der Waals surface area contributed by atoms with Crippen molar-refractivity contribution in [1.29, 1.82) is 0 Å². The zero-order chi connectivity index (χ0) is 20.2. The van der Waals surface area contributed by atoms with Gasteiger partial charge in [0.25, 0.3) is 0 Å². The Labute approximate surface area is 169 Å². The zero-order valence-electron chi connectivity index (χ0n) is 16.5. The summed E-state index contributed by atoms with van der Waals surface area (Å²) in [6.07, 6.45) is 7.03. The van der Waals surface area contributed by atoms with Gasteiger partial charge in [0.1, 0.15) is 11.2 Å². The largest absolute Gasteiger partial charge is 0.346 e. The second-order valence-electron chi connectivity index (χ2n) is 7.79. The summed E-state index contributed by atoms with van der Waals surface area (Å²) in [4.78, 5) is 12.5. The second-order valence-corrected chi connectivity index (χ2v) is 9.69. The van der Waals surface area contributed by atoms with Crippen LogP contribution in [-0.2, 0) is 10.0 Å². The number of hydrogen-bond donors (Lipinski definition) is 1. The van der Waals surface area contributed by atoms with Gasteiger partial charge in [0.05, 0.1) is 22.9 Å². The number of nitrogens with one attached hydrogen (secondary N) is 1. The fourth-order valence-electron chi connectivity index (χ4n) is 4.40. The number of fused-ring (bicyclic) bond motifs is 3. The minimum atomic E-state index is -3.48. The highest BCUT2D eigenvalue weighted by molar-refractivity contribution is 7.89. The fraction of sp³-hybridized carbons (Fsp3) is 0.333. The predicted octanol–water partition coefficient (Wildman–Crippen LogP) is 3.56. The molecule has 5 rings (SSSR count). The maximum Gasteiger partial charge on any atom is 0.243 e. The van der Waals surface area contributed by atoms with E-state index in [-0.39, 0.29) is 6.04 Å². The van der Waals surface area contributed by atoms with Gasteiger partial charge in [-0.3, -0.25) is 0 Å². The van der Waals surface area contributed by atoms with Crippen LogP contribution < -0.4 is 0 Å². The number of aromatic nitrogens is 4. The Morgan fingerprint density at radius 2 is 1.90 bits per heavy atom. The minimum absolute atomic E-state index is 0.214. The third-order valence-electron chi connectivity index (χ3n) is 5.88. The molecule has 3 aromatic heterocycles. The Hall–Kier alpha value is -2.71. The van der Waals surface area contributed by atoms with Crippen LogP contribution in [0.5, 0.6) is 0 Å². The normalized spacial score (nSPS) is 16.8. The minimum Gasteiger partial charge on any atom is -0.346 e. The van der Waals surface area contributed by atoms with Crippen LogP contribution in [0.3, 0.4) is 0 Å². The Balaban J connectivity index is 1.42. The lowest BCUT2D eigenvalue weighted by molar-refractivity contribution is 0.277. The van der Waals surface area contributed by atoms with Crippen LogP contribution in [-0.4, -0.2) is 45.3 Å². The van der Waals surface area contributed by atoms with Gasteiger partial charge in [-0.2, -0.15) is 4.31 Å². The first-order valence-electron chi connectivity index (χ1n) is 9.81. The van der Waals surface area contributed by atoms with Crippen LogP contribution in [0.15, 0.2) is 47.9 Å². The number of pyridine rings is 1. The van der Waals surface area contributed by atoms with Gasteiger partial charge in [-0.1, -0.05) is 17.7 Å². The number of rotatable bonds is 3. The summed E-state index contributed by atoms with van der Waals surface area (Å²) in [5, 5.41) is 1.05. The van der Waals surface area contributed by atoms with E-state index in [4.69, 9.17) is 0 Å². The molecule has 4 heterocycles. The number of sulfonamides is 1. The lowest BCUT2D eigenvalue weighted by Crippen LogP contribution is -2.39. The van der Waals surface area contributed by atoms with E-state index in [1.165, 1.54) is 0 Å². The fourth-order valence-corrected chi connectivity index (χ4v) is 6.07. The van der Waals surface area contributed by atoms with Crippen LogP contribution >= 0.6 is 0 Å². The number of benzene rings is 1. The Bertz CT molecular complexity index is 1310. The highest BCUT2D eigenvalue weighted by Crippen LogP contribution is 2.32. The number of hydrogen-bond acceptors (Lipinski definition) is 4. The van der Waals surface area contributed by atoms with E-state index < -0.39 is 10.0 Å². The summed E-state index contributed by atoms with van der Waals surface area (Å²) in [6, 6.07) is 7.74. The van der Waals surface area contributed by atoms with E-state index in [9.17, 15) is 8.42 Å². The SMILES string of the molecule is Cc1ccc(S(=O)(=O)N2CCC(n3cnc4cnc5[nH]ccc5c43)CC2)c(C)c1. The van der Waals surface area contributed by atoms with Crippen molar-refractivity contribution in [2.24, 2.45) is 0 Å². The van der Waals surface area contributed by atoms with E-state index in [1.807, 2.05) is 44.6 Å². The standard InChI is InChI=1S/C21H23N5O2S/c1-14-3-4-19(15(2)11-14)29(27,28)25-9-6-16(7-10-25)26-13-24-18-12-23-21-17(20(18)26)5-8-22-21/h3-5,8,11-13,16H,6-7,9-10H2,1-2H3,(H,22,23). The van der Waals surface area contributed by atoms with Crippen LogP contribution in [0, 0.1) is 13.8 Å². The molecule has 1 fully saturated rings. The van der Waals surface area contributed by atoms with Crippen molar-refractivity contribution in [3.05, 3.63) is 54.1 Å². The number of aromatic amines is 1. The lowest BCUT2D eigenvalue weighted by Gasteiger charge is -2.32. The van der Waals surface area contributed by atoms with E-state index in [0.717, 1.165) is 46.0 Å². The van der Waals surface area contributed by atoms with Crippen molar-refractivity contribution < 1.29 is 8.42 Å². The van der Waals surface area contributed by atoms with Crippen LogP contribution in [0.1, 0.15) is 30.0 Å². The van der Waals surface area contributed by atoms with Crippen LogP contribution in [0.4, 0.5) is 0 Å². The molecule has 1 N–H and O–H groups in total. The zero-order valence-corrected chi connectivity index (χ0v) is 17.3. The molecule has 0 unspecified atom stereocenters. The number of imidazole rings is 1. The summed E-state index contributed by atoms with van der Waals surface area (Å²) >= 11 is 0. The molecule has 1 aromatic carbocycles. The van der Waals surface area contributed by atoms with Gasteiger partial charge in [0, 0.05) is 30.7 Å². The van der Waals surface area contributed by atoms with Gasteiger partial charge in [0.15, 0.2) is 0 Å². The molecule has 1 aliphatic rings. The first-order chi connectivity index (χ1) is 13.9. The van der Waals surface area contributed by atoms with E-state index >= 15 is 0 Å². The molecule has 1 aliphatic heterocycles. The average Bonchev–Trinajstić information content (AvgIpc) is 3.34. The molecule has 1 saturated heterocycles. The van der Waals surface area contributed by atoms with E-state index in [0.29, 0.717) is 18.0 Å². The van der Waals surface area contributed by atoms with Crippen molar-refractivity contribution in [3.8, 4) is 0 Å². The number of nitrogens with zero attached hydrogens (tertiary/aromatic N) is 4. The Morgan fingerprint density at radius 1 is 1.10 bits per heavy atom. The van der Waals surface area contributed by atoms with Gasteiger partial charge in [-0.05, 0) is 44.4 Å². The average molecular weight is 410 g/mol. The van der Waals surface area contributed by atoms with Crippen LogP contribution in [0.25, 0.3) is 22.1 Å². The molecular formula is C21H23N5O2S. The monoisotopic (exact) mass is 409 g/mol. The predicted molar refractivity (Wildman–Crippen MR) is 112 cm³/mol. The smallest absolute Gasteiger partial charge is 0.243 e. The molecule has 0 saturated carbocycles. The van der Waals surface area contributed by atoms with Gasteiger partial charge in [-0.25, -0.2) is 18.4 Å². The maximum atomic E-state index is 13.2. The molecule has 29 heavy (non-hydrogen) atoms. The molecule has 0 radical (unpaired) electrons. The van der Waals surface area contributed by atoms with Crippen molar-refractivity contribution in [2.75, 3.05) is 13.1 Å². The summed E-state index contributed by atoms with van der Waals surface area (Å²) in [5.41, 5.74) is 4.64. The molecular weight excluding hydrogens is 386 g/mol. The van der Waals surface area contributed by atoms with Crippen LogP contribution in [0.2, 0.25) is 0 Å². The summed E-state index contributed by atoms with van der Waals surface area (Å²) < 4.78 is 30.1. The quantitative estimate of drug-likeness (QED) is 0.561. The molecule has 150 valence electrons. The first-order valence-corrected chi connectivity index (χ1v) is 11.3. The van der Waals surface area contributed by atoms with Crippen molar-refractivity contribution in [2.45, 2.75) is 37.6 Å². The second kappa shape index (κ2) is 6.67. The third kappa shape index (κ3) is 2.94. The molecule has 0 spiro atoms. The first kappa shape index (κ1) is 18.3. The van der Waals surface area contributed by atoms with Gasteiger partial charge in [-0.15, -0.1) is 0 Å². The highest BCUT2D eigenvalue weighted by Gasteiger charge is 2.31. The summed E-state index contributed by atoms with van der Waals surface area (Å²) in [6.45, 7) is 4.84. The van der Waals surface area contributed by atoms with Crippen molar-refractivity contribution in [1.82, 2.24) is 23.8 Å². The summed E-state index contributed by atoms with van der Waals surface area (Å²) in [5.74, 6) is 0. The topological polar surface area (TPSA) is 83.9 Å². The molecule has 0 aliphatic carbocycles. The highest BCUT2D eigenvalue weighted by atomic mass is 32.2. The number of aryl methyl sites for hydroxylation is 2. The molecule has 7 nitrogen and oxygen atoms in total. The Morgan fingerprint density at radius 3 is 2.66 bits per heavy atom. The van der Waals surface area contributed by atoms with E-state index in [2.05, 4.69) is 19.5 Å². The van der Waals surface area contributed by atoms with E-state index in [1.54, 1.807) is 16.6 Å². The van der Waals surface area contributed by atoms with Crippen molar-refractivity contribution in [3.63, 3.8) is 0 Å². The Kier molecular flexibility index (Phi) is 4.22. The third-order valence-corrected chi connectivity index (χ3v) is 7.94. The molecule has 8 heteroatoms. The maximum absolute atomic E-state index is 13.2.